The van der Waals surface area contributed by atoms with Crippen LogP contribution in [0.2, 0.25) is 0 Å². The summed E-state index contributed by atoms with van der Waals surface area (Å²) in [5.41, 5.74) is 0. The van der Waals surface area contributed by atoms with Gasteiger partial charge in [-0.25, -0.2) is 0 Å². The molecule has 2 aliphatic rings. The molecule has 0 saturated heterocycles. The lowest BCUT2D eigenvalue weighted by Crippen LogP contribution is -1.98. The zero-order valence-corrected chi connectivity index (χ0v) is 5.95. The molecule has 2 rings (SSSR count). The van der Waals surface area contributed by atoms with Crippen LogP contribution in [0.25, 0.3) is 0 Å². The van der Waals surface area contributed by atoms with Crippen LogP contribution in [0.5, 0.6) is 0 Å². The Kier molecular flexibility index (Phi) is 1.27. The fraction of sp³-hybridized carbons (Fsp3) is 0.429. The van der Waals surface area contributed by atoms with Gasteiger partial charge in [0, 0.05) is 17.3 Å². The minimum Gasteiger partial charge on any atom is -0.366 e. The van der Waals surface area contributed by atoms with E-state index < -0.39 is 0 Å². The standard InChI is InChI=1S/C7H9NS/c1-2-6(1)7-5-8-3-4-9-7/h3-6,8H,1-2H2. The summed E-state index contributed by atoms with van der Waals surface area (Å²) in [6, 6.07) is 0. The molecule has 2 heteroatoms. The first-order chi connectivity index (χ1) is 4.47. The average Bonchev–Trinajstić information content (AvgIpc) is 2.71. The third-order valence-electron chi connectivity index (χ3n) is 1.57. The predicted octanol–water partition coefficient (Wildman–Crippen LogP) is 2.05. The number of nitrogens with one attached hydrogen (secondary N) is 1. The van der Waals surface area contributed by atoms with Gasteiger partial charge in [-0.2, -0.15) is 0 Å². The highest BCUT2D eigenvalue weighted by atomic mass is 32.2. The Morgan fingerprint density at radius 3 is 3.00 bits per heavy atom. The summed E-state index contributed by atoms with van der Waals surface area (Å²) in [4.78, 5) is 1.51. The van der Waals surface area contributed by atoms with E-state index in [-0.39, 0.29) is 0 Å². The molecule has 48 valence electrons. The summed E-state index contributed by atoms with van der Waals surface area (Å²) in [5.74, 6) is 0.896. The molecule has 9 heavy (non-hydrogen) atoms. The molecule has 0 aromatic rings. The molecular weight excluding hydrogens is 130 g/mol. The van der Waals surface area contributed by atoms with Gasteiger partial charge in [-0.1, -0.05) is 11.8 Å². The van der Waals surface area contributed by atoms with E-state index in [0.717, 1.165) is 5.92 Å². The van der Waals surface area contributed by atoms with E-state index in [1.165, 1.54) is 17.7 Å². The molecule has 0 spiro atoms. The lowest BCUT2D eigenvalue weighted by Gasteiger charge is -2.05. The van der Waals surface area contributed by atoms with Crippen molar-refractivity contribution < 1.29 is 0 Å². The normalized spacial score (nSPS) is 25.1. The zero-order chi connectivity index (χ0) is 6.10. The topological polar surface area (TPSA) is 12.0 Å². The van der Waals surface area contributed by atoms with E-state index in [9.17, 15) is 0 Å². The molecule has 1 aliphatic carbocycles. The van der Waals surface area contributed by atoms with Gasteiger partial charge in [0.1, 0.15) is 0 Å². The van der Waals surface area contributed by atoms with Crippen LogP contribution in [0, 0.1) is 5.92 Å². The molecule has 1 heterocycles. The van der Waals surface area contributed by atoms with Crippen molar-refractivity contribution >= 4 is 11.8 Å². The van der Waals surface area contributed by atoms with Crippen molar-refractivity contribution in [2.75, 3.05) is 0 Å². The number of rotatable bonds is 1. The maximum absolute atomic E-state index is 3.09. The van der Waals surface area contributed by atoms with Crippen molar-refractivity contribution in [1.82, 2.24) is 5.32 Å². The Bertz CT molecular complexity index is 168. The largest absolute Gasteiger partial charge is 0.366 e. The average molecular weight is 139 g/mol. The third kappa shape index (κ3) is 1.13. The smallest absolute Gasteiger partial charge is 0.0107 e. The Hall–Kier alpha value is -0.370. The quantitative estimate of drug-likeness (QED) is 0.596. The van der Waals surface area contributed by atoms with Crippen molar-refractivity contribution in [3.05, 3.63) is 22.7 Å². The van der Waals surface area contributed by atoms with Gasteiger partial charge in [-0.05, 0) is 24.2 Å². The minimum atomic E-state index is 0.896. The van der Waals surface area contributed by atoms with E-state index in [2.05, 4.69) is 16.9 Å². The Balaban J connectivity index is 2.02. The number of hydrogen-bond acceptors (Lipinski definition) is 2. The molecule has 1 nitrogen and oxygen atoms in total. The first kappa shape index (κ1) is 5.42. The highest BCUT2D eigenvalue weighted by molar-refractivity contribution is 8.05. The molecule has 0 amide bonds. The van der Waals surface area contributed by atoms with E-state index in [4.69, 9.17) is 0 Å². The number of thioether (sulfide) groups is 1. The van der Waals surface area contributed by atoms with Crippen molar-refractivity contribution in [2.45, 2.75) is 12.8 Å². The first-order valence-corrected chi connectivity index (χ1v) is 4.12. The fourth-order valence-electron chi connectivity index (χ4n) is 0.898. The number of hydrogen-bond donors (Lipinski definition) is 1. The molecule has 0 atom stereocenters. The zero-order valence-electron chi connectivity index (χ0n) is 5.13. The molecule has 1 saturated carbocycles. The van der Waals surface area contributed by atoms with Crippen molar-refractivity contribution in [2.24, 2.45) is 5.92 Å². The van der Waals surface area contributed by atoms with Gasteiger partial charge in [0.05, 0.1) is 0 Å². The van der Waals surface area contributed by atoms with Gasteiger partial charge < -0.3 is 5.32 Å². The lowest BCUT2D eigenvalue weighted by molar-refractivity contribution is 1.05. The second-order valence-electron chi connectivity index (χ2n) is 2.41. The van der Waals surface area contributed by atoms with Gasteiger partial charge in [-0.3, -0.25) is 0 Å². The van der Waals surface area contributed by atoms with E-state index in [1.54, 1.807) is 0 Å². The summed E-state index contributed by atoms with van der Waals surface area (Å²) in [5, 5.41) is 5.20. The second-order valence-corrected chi connectivity index (χ2v) is 3.39. The first-order valence-electron chi connectivity index (χ1n) is 3.24. The Morgan fingerprint density at radius 1 is 1.56 bits per heavy atom. The molecule has 0 bridgehead atoms. The molecular formula is C7H9NS. The Morgan fingerprint density at radius 2 is 2.44 bits per heavy atom. The molecule has 0 aromatic carbocycles. The molecule has 1 fully saturated rings. The summed E-state index contributed by atoms with van der Waals surface area (Å²) in [7, 11) is 0. The van der Waals surface area contributed by atoms with Gasteiger partial charge >= 0.3 is 0 Å². The van der Waals surface area contributed by atoms with Crippen LogP contribution in [0.3, 0.4) is 0 Å². The maximum atomic E-state index is 3.09. The van der Waals surface area contributed by atoms with E-state index in [0.29, 0.717) is 0 Å². The molecule has 1 N–H and O–H groups in total. The van der Waals surface area contributed by atoms with Gasteiger partial charge in [0.25, 0.3) is 0 Å². The van der Waals surface area contributed by atoms with Crippen LogP contribution in [0.1, 0.15) is 12.8 Å². The van der Waals surface area contributed by atoms with Crippen LogP contribution in [0.4, 0.5) is 0 Å². The summed E-state index contributed by atoms with van der Waals surface area (Å²) >= 11 is 1.85. The van der Waals surface area contributed by atoms with Gasteiger partial charge in [0.2, 0.25) is 0 Å². The predicted molar refractivity (Wildman–Crippen MR) is 40.7 cm³/mol. The SMILES string of the molecule is C1=CSC(C2CC2)=CN1. The van der Waals surface area contributed by atoms with Crippen LogP contribution >= 0.6 is 11.8 Å². The van der Waals surface area contributed by atoms with Gasteiger partial charge in [0.15, 0.2) is 0 Å². The highest BCUT2D eigenvalue weighted by Gasteiger charge is 2.26. The fourth-order valence-corrected chi connectivity index (χ4v) is 1.77. The van der Waals surface area contributed by atoms with Crippen molar-refractivity contribution in [3.63, 3.8) is 0 Å². The van der Waals surface area contributed by atoms with Crippen LogP contribution in [-0.2, 0) is 0 Å². The van der Waals surface area contributed by atoms with Gasteiger partial charge in [-0.15, -0.1) is 0 Å². The van der Waals surface area contributed by atoms with Crippen LogP contribution < -0.4 is 5.32 Å². The molecule has 1 aliphatic heterocycles. The monoisotopic (exact) mass is 139 g/mol. The lowest BCUT2D eigenvalue weighted by atomic mass is 10.4. The minimum absolute atomic E-state index is 0.896. The highest BCUT2D eigenvalue weighted by Crippen LogP contribution is 2.42. The van der Waals surface area contributed by atoms with Crippen LogP contribution in [-0.4, -0.2) is 0 Å². The van der Waals surface area contributed by atoms with Crippen molar-refractivity contribution in [1.29, 1.82) is 0 Å². The maximum Gasteiger partial charge on any atom is 0.0107 e. The Labute approximate surface area is 59.2 Å². The second kappa shape index (κ2) is 2.10. The van der Waals surface area contributed by atoms with Crippen LogP contribution in [0.15, 0.2) is 22.7 Å². The van der Waals surface area contributed by atoms with E-state index in [1.807, 2.05) is 18.0 Å². The third-order valence-corrected chi connectivity index (χ3v) is 2.57. The molecule has 0 unspecified atom stereocenters. The molecule has 0 aromatic heterocycles. The van der Waals surface area contributed by atoms with E-state index >= 15 is 0 Å². The van der Waals surface area contributed by atoms with Crippen molar-refractivity contribution in [3.8, 4) is 0 Å². The molecule has 0 radical (unpaired) electrons. The number of allylic oxidation sites excluding steroid dienone is 1. The summed E-state index contributed by atoms with van der Waals surface area (Å²) < 4.78 is 0. The summed E-state index contributed by atoms with van der Waals surface area (Å²) in [6.45, 7) is 0. The summed E-state index contributed by atoms with van der Waals surface area (Å²) in [6.07, 6.45) is 6.88.